The molecule has 0 saturated heterocycles. The number of rotatable bonds is 2. The third kappa shape index (κ3) is 2.60. The summed E-state index contributed by atoms with van der Waals surface area (Å²) >= 11 is 0. The average Bonchev–Trinajstić information content (AvgIpc) is 2.28. The molecule has 0 radical (unpaired) electrons. The summed E-state index contributed by atoms with van der Waals surface area (Å²) in [4.78, 5) is 0. The van der Waals surface area contributed by atoms with Crippen LogP contribution in [0.2, 0.25) is 0 Å². The lowest BCUT2D eigenvalue weighted by atomic mass is 10.1. The Morgan fingerprint density at radius 3 is 2.38 bits per heavy atom. The van der Waals surface area contributed by atoms with Crippen molar-refractivity contribution in [3.8, 4) is 0 Å². The monoisotopic (exact) mass is 208 g/mol. The molecule has 0 unspecified atom stereocenters. The van der Waals surface area contributed by atoms with E-state index in [1.165, 1.54) is 22.3 Å². The van der Waals surface area contributed by atoms with Gasteiger partial charge in [0.1, 0.15) is 0 Å². The highest BCUT2D eigenvalue weighted by atomic mass is 14.0. The minimum absolute atomic E-state index is 1.25. The summed E-state index contributed by atoms with van der Waals surface area (Å²) in [6.07, 6.45) is 4.33. The zero-order valence-corrected chi connectivity index (χ0v) is 9.77. The van der Waals surface area contributed by atoms with E-state index >= 15 is 0 Å². The van der Waals surface area contributed by atoms with Crippen LogP contribution in [0, 0.1) is 13.8 Å². The van der Waals surface area contributed by atoms with Crippen molar-refractivity contribution in [1.29, 1.82) is 0 Å². The zero-order valence-electron chi connectivity index (χ0n) is 9.77. The van der Waals surface area contributed by atoms with Crippen LogP contribution in [0.25, 0.3) is 12.2 Å². The molecule has 0 atom stereocenters. The lowest BCUT2D eigenvalue weighted by Gasteiger charge is -1.99. The van der Waals surface area contributed by atoms with Crippen LogP contribution in [0.5, 0.6) is 0 Å². The van der Waals surface area contributed by atoms with E-state index in [9.17, 15) is 0 Å². The molecule has 0 N–H and O–H groups in total. The van der Waals surface area contributed by atoms with E-state index in [-0.39, 0.29) is 0 Å². The van der Waals surface area contributed by atoms with Crippen molar-refractivity contribution in [1.82, 2.24) is 0 Å². The third-order valence-corrected chi connectivity index (χ3v) is 2.69. The molecule has 0 aliphatic carbocycles. The van der Waals surface area contributed by atoms with E-state index in [0.29, 0.717) is 0 Å². The van der Waals surface area contributed by atoms with Gasteiger partial charge in [0.2, 0.25) is 0 Å². The van der Waals surface area contributed by atoms with Crippen LogP contribution in [-0.2, 0) is 0 Å². The summed E-state index contributed by atoms with van der Waals surface area (Å²) in [5.74, 6) is 0. The van der Waals surface area contributed by atoms with Gasteiger partial charge in [-0.25, -0.2) is 0 Å². The fourth-order valence-corrected chi connectivity index (χ4v) is 1.73. The van der Waals surface area contributed by atoms with Gasteiger partial charge in [-0.2, -0.15) is 0 Å². The Morgan fingerprint density at radius 1 is 0.812 bits per heavy atom. The van der Waals surface area contributed by atoms with E-state index in [1.54, 1.807) is 0 Å². The van der Waals surface area contributed by atoms with Gasteiger partial charge in [0.05, 0.1) is 0 Å². The van der Waals surface area contributed by atoms with Gasteiger partial charge >= 0.3 is 0 Å². The van der Waals surface area contributed by atoms with Crippen molar-refractivity contribution >= 4 is 12.2 Å². The first-order chi connectivity index (χ1) is 7.75. The zero-order chi connectivity index (χ0) is 11.4. The fraction of sp³-hybridized carbons (Fsp3) is 0.125. The van der Waals surface area contributed by atoms with E-state index < -0.39 is 0 Å². The molecular formula is C16H16. The minimum Gasteiger partial charge on any atom is -0.0620 e. The molecule has 0 nitrogen and oxygen atoms in total. The SMILES string of the molecule is Cc1cccc(/C=C/c2ccccc2C)c1. The first-order valence-electron chi connectivity index (χ1n) is 5.56. The van der Waals surface area contributed by atoms with Gasteiger partial charge in [-0.1, -0.05) is 66.2 Å². The summed E-state index contributed by atoms with van der Waals surface area (Å²) < 4.78 is 0. The van der Waals surface area contributed by atoms with Gasteiger partial charge in [-0.3, -0.25) is 0 Å². The maximum atomic E-state index is 2.19. The number of aryl methyl sites for hydroxylation is 2. The third-order valence-electron chi connectivity index (χ3n) is 2.69. The Bertz CT molecular complexity index is 507. The van der Waals surface area contributed by atoms with Crippen LogP contribution in [-0.4, -0.2) is 0 Å². The van der Waals surface area contributed by atoms with Crippen LogP contribution in [0.1, 0.15) is 22.3 Å². The van der Waals surface area contributed by atoms with Crippen molar-refractivity contribution < 1.29 is 0 Å². The Labute approximate surface area is 97.3 Å². The highest BCUT2D eigenvalue weighted by Crippen LogP contribution is 2.12. The van der Waals surface area contributed by atoms with Gasteiger partial charge in [0, 0.05) is 0 Å². The van der Waals surface area contributed by atoms with Crippen molar-refractivity contribution in [2.24, 2.45) is 0 Å². The molecule has 0 aliphatic heterocycles. The van der Waals surface area contributed by atoms with E-state index in [1.807, 2.05) is 0 Å². The summed E-state index contributed by atoms with van der Waals surface area (Å²) in [5.41, 5.74) is 5.14. The van der Waals surface area contributed by atoms with Crippen LogP contribution in [0.3, 0.4) is 0 Å². The largest absolute Gasteiger partial charge is 0.0620 e. The molecule has 0 fully saturated rings. The van der Waals surface area contributed by atoms with Gasteiger partial charge in [-0.15, -0.1) is 0 Å². The number of hydrogen-bond acceptors (Lipinski definition) is 0. The van der Waals surface area contributed by atoms with E-state index in [4.69, 9.17) is 0 Å². The normalized spacial score (nSPS) is 10.9. The molecular weight excluding hydrogens is 192 g/mol. The standard InChI is InChI=1S/C16H16/c1-13-6-5-8-15(12-13)10-11-16-9-4-3-7-14(16)2/h3-12H,1-2H3/b11-10+. The molecule has 0 heteroatoms. The van der Waals surface area contributed by atoms with Gasteiger partial charge in [0.15, 0.2) is 0 Å². The van der Waals surface area contributed by atoms with Crippen LogP contribution in [0.4, 0.5) is 0 Å². The van der Waals surface area contributed by atoms with Crippen LogP contribution in [0.15, 0.2) is 48.5 Å². The second-order valence-corrected chi connectivity index (χ2v) is 4.10. The topological polar surface area (TPSA) is 0 Å². The first kappa shape index (κ1) is 10.7. The van der Waals surface area contributed by atoms with E-state index in [0.717, 1.165) is 0 Å². The molecule has 0 amide bonds. The summed E-state index contributed by atoms with van der Waals surface area (Å²) in [6.45, 7) is 4.25. The van der Waals surface area contributed by atoms with Gasteiger partial charge < -0.3 is 0 Å². The van der Waals surface area contributed by atoms with Crippen molar-refractivity contribution in [2.75, 3.05) is 0 Å². The number of hydrogen-bond donors (Lipinski definition) is 0. The summed E-state index contributed by atoms with van der Waals surface area (Å²) in [6, 6.07) is 16.9. The van der Waals surface area contributed by atoms with Gasteiger partial charge in [-0.05, 0) is 30.5 Å². The van der Waals surface area contributed by atoms with Gasteiger partial charge in [0.25, 0.3) is 0 Å². The van der Waals surface area contributed by atoms with Crippen molar-refractivity contribution in [2.45, 2.75) is 13.8 Å². The Morgan fingerprint density at radius 2 is 1.62 bits per heavy atom. The Hall–Kier alpha value is -1.82. The highest BCUT2D eigenvalue weighted by molar-refractivity contribution is 5.71. The minimum atomic E-state index is 1.25. The Balaban J connectivity index is 2.25. The molecule has 0 bridgehead atoms. The molecule has 80 valence electrons. The highest BCUT2D eigenvalue weighted by Gasteiger charge is 1.91. The van der Waals surface area contributed by atoms with Crippen molar-refractivity contribution in [3.63, 3.8) is 0 Å². The van der Waals surface area contributed by atoms with Crippen LogP contribution < -0.4 is 0 Å². The molecule has 0 aliphatic rings. The smallest absolute Gasteiger partial charge is 0.0227 e. The second-order valence-electron chi connectivity index (χ2n) is 4.10. The maximum absolute atomic E-state index is 2.19. The fourth-order valence-electron chi connectivity index (χ4n) is 1.73. The summed E-state index contributed by atoms with van der Waals surface area (Å²) in [5, 5.41) is 0. The van der Waals surface area contributed by atoms with E-state index in [2.05, 4.69) is 74.5 Å². The lowest BCUT2D eigenvalue weighted by Crippen LogP contribution is -1.78. The lowest BCUT2D eigenvalue weighted by molar-refractivity contribution is 1.44. The van der Waals surface area contributed by atoms with Crippen LogP contribution >= 0.6 is 0 Å². The molecule has 0 heterocycles. The second kappa shape index (κ2) is 4.80. The molecule has 16 heavy (non-hydrogen) atoms. The molecule has 0 spiro atoms. The van der Waals surface area contributed by atoms with Crippen molar-refractivity contribution in [3.05, 3.63) is 70.8 Å². The molecule has 0 saturated carbocycles. The Kier molecular flexibility index (Phi) is 3.21. The quantitative estimate of drug-likeness (QED) is 0.638. The molecule has 2 aromatic rings. The molecule has 2 rings (SSSR count). The molecule has 2 aromatic carbocycles. The average molecular weight is 208 g/mol. The molecule has 0 aromatic heterocycles. The first-order valence-corrected chi connectivity index (χ1v) is 5.56. The number of benzene rings is 2. The summed E-state index contributed by atoms with van der Waals surface area (Å²) in [7, 11) is 0. The maximum Gasteiger partial charge on any atom is -0.0227 e. The predicted octanol–water partition coefficient (Wildman–Crippen LogP) is 4.47. The predicted molar refractivity (Wildman–Crippen MR) is 71.3 cm³/mol.